The molecule has 0 saturated heterocycles. The number of rotatable bonds is 4. The molecule has 4 rings (SSSR count). The SMILES string of the molecule is CC1=NN(c2cccc(Br)c2)C(=O)/C1=C/c1ccc(-c2ccc(O)c([N+](=O)[O-])c2)o1. The molecular formula is C21H14BrN3O5. The van der Waals surface area contributed by atoms with Crippen molar-refractivity contribution in [1.29, 1.82) is 0 Å². The van der Waals surface area contributed by atoms with Gasteiger partial charge in [-0.1, -0.05) is 22.0 Å². The zero-order chi connectivity index (χ0) is 21.4. The molecule has 8 nitrogen and oxygen atoms in total. The van der Waals surface area contributed by atoms with Crippen LogP contribution in [0.5, 0.6) is 5.75 Å². The molecule has 30 heavy (non-hydrogen) atoms. The molecular weight excluding hydrogens is 454 g/mol. The van der Waals surface area contributed by atoms with Crippen LogP contribution < -0.4 is 5.01 Å². The van der Waals surface area contributed by atoms with Crippen LogP contribution in [0.1, 0.15) is 12.7 Å². The fourth-order valence-electron chi connectivity index (χ4n) is 3.02. The summed E-state index contributed by atoms with van der Waals surface area (Å²) in [4.78, 5) is 23.2. The molecule has 150 valence electrons. The number of hydrazone groups is 1. The lowest BCUT2D eigenvalue weighted by atomic mass is 10.1. The maximum Gasteiger partial charge on any atom is 0.311 e. The van der Waals surface area contributed by atoms with Crippen molar-refractivity contribution in [3.05, 3.63) is 80.5 Å². The van der Waals surface area contributed by atoms with Crippen molar-refractivity contribution in [2.45, 2.75) is 6.92 Å². The lowest BCUT2D eigenvalue weighted by molar-refractivity contribution is -0.385. The van der Waals surface area contributed by atoms with Crippen molar-refractivity contribution in [3.8, 4) is 17.1 Å². The quantitative estimate of drug-likeness (QED) is 0.325. The zero-order valence-electron chi connectivity index (χ0n) is 15.6. The Balaban J connectivity index is 1.63. The standard InChI is InChI=1S/C21H14BrN3O5/c1-12-17(21(27)24(23-12)15-4-2-3-14(22)10-15)11-16-6-8-20(30-16)13-5-7-19(26)18(9-13)25(28)29/h2-11,26H,1H3/b17-11+. The molecule has 0 atom stereocenters. The van der Waals surface area contributed by atoms with Crippen LogP contribution in [0.4, 0.5) is 11.4 Å². The highest BCUT2D eigenvalue weighted by atomic mass is 79.9. The molecule has 0 saturated carbocycles. The largest absolute Gasteiger partial charge is 0.502 e. The molecule has 9 heteroatoms. The van der Waals surface area contributed by atoms with Crippen LogP contribution in [0.2, 0.25) is 0 Å². The number of nitro groups is 1. The summed E-state index contributed by atoms with van der Waals surface area (Å²) in [6.07, 6.45) is 1.58. The second kappa shape index (κ2) is 7.60. The van der Waals surface area contributed by atoms with Gasteiger partial charge in [-0.05, 0) is 55.5 Å². The first-order valence-corrected chi connectivity index (χ1v) is 9.57. The number of furan rings is 1. The summed E-state index contributed by atoms with van der Waals surface area (Å²) >= 11 is 3.38. The highest BCUT2D eigenvalue weighted by molar-refractivity contribution is 9.10. The minimum absolute atomic E-state index is 0.288. The van der Waals surface area contributed by atoms with Gasteiger partial charge in [-0.3, -0.25) is 14.9 Å². The number of amides is 1. The van der Waals surface area contributed by atoms with Crippen LogP contribution in [0, 0.1) is 10.1 Å². The smallest absolute Gasteiger partial charge is 0.311 e. The molecule has 0 radical (unpaired) electrons. The molecule has 1 aliphatic rings. The van der Waals surface area contributed by atoms with Gasteiger partial charge in [-0.15, -0.1) is 0 Å². The molecule has 1 N–H and O–H groups in total. The zero-order valence-corrected chi connectivity index (χ0v) is 17.2. The van der Waals surface area contributed by atoms with E-state index in [2.05, 4.69) is 21.0 Å². The molecule has 1 aliphatic heterocycles. The second-order valence-electron chi connectivity index (χ2n) is 6.50. The van der Waals surface area contributed by atoms with E-state index in [1.54, 1.807) is 37.3 Å². The molecule has 0 fully saturated rings. The highest BCUT2D eigenvalue weighted by Crippen LogP contribution is 2.33. The number of hydrogen-bond acceptors (Lipinski definition) is 6. The van der Waals surface area contributed by atoms with Crippen LogP contribution in [-0.4, -0.2) is 21.6 Å². The van der Waals surface area contributed by atoms with Crippen molar-refractivity contribution in [1.82, 2.24) is 0 Å². The number of carbonyl (C=O) groups excluding carboxylic acids is 1. The van der Waals surface area contributed by atoms with E-state index in [-0.39, 0.29) is 5.91 Å². The predicted octanol–water partition coefficient (Wildman–Crippen LogP) is 5.13. The highest BCUT2D eigenvalue weighted by Gasteiger charge is 2.29. The minimum Gasteiger partial charge on any atom is -0.502 e. The van der Waals surface area contributed by atoms with Crippen molar-refractivity contribution in [2.75, 3.05) is 5.01 Å². The fourth-order valence-corrected chi connectivity index (χ4v) is 3.41. The van der Waals surface area contributed by atoms with Gasteiger partial charge in [0.2, 0.25) is 0 Å². The number of nitrogens with zero attached hydrogens (tertiary/aromatic N) is 3. The number of aromatic hydroxyl groups is 1. The third kappa shape index (κ3) is 3.62. The third-order valence-corrected chi connectivity index (χ3v) is 4.98. The third-order valence-electron chi connectivity index (χ3n) is 4.49. The average molecular weight is 468 g/mol. The molecule has 2 heterocycles. The minimum atomic E-state index is -0.668. The predicted molar refractivity (Wildman–Crippen MR) is 115 cm³/mol. The number of nitro benzene ring substituents is 1. The molecule has 0 spiro atoms. The van der Waals surface area contributed by atoms with Crippen molar-refractivity contribution in [3.63, 3.8) is 0 Å². The Bertz CT molecular complexity index is 1240. The number of halogens is 1. The summed E-state index contributed by atoms with van der Waals surface area (Å²) in [7, 11) is 0. The van der Waals surface area contributed by atoms with Gasteiger partial charge in [0.25, 0.3) is 5.91 Å². The molecule has 3 aromatic rings. The van der Waals surface area contributed by atoms with Gasteiger partial charge in [-0.2, -0.15) is 10.1 Å². The van der Waals surface area contributed by atoms with Gasteiger partial charge in [0, 0.05) is 16.1 Å². The monoisotopic (exact) mass is 467 g/mol. The van der Waals surface area contributed by atoms with Crippen LogP contribution in [0.15, 0.2) is 74.2 Å². The van der Waals surface area contributed by atoms with E-state index in [4.69, 9.17) is 4.42 Å². The van der Waals surface area contributed by atoms with Crippen LogP contribution in [0.25, 0.3) is 17.4 Å². The first kappa shape index (κ1) is 19.6. The summed E-state index contributed by atoms with van der Waals surface area (Å²) in [6, 6.07) is 14.5. The van der Waals surface area contributed by atoms with E-state index in [1.165, 1.54) is 23.2 Å². The Hall–Kier alpha value is -3.72. The molecule has 1 amide bonds. The van der Waals surface area contributed by atoms with E-state index in [9.17, 15) is 20.0 Å². The fraction of sp³-hybridized carbons (Fsp3) is 0.0476. The number of anilines is 1. The summed E-state index contributed by atoms with van der Waals surface area (Å²) < 4.78 is 6.58. The maximum atomic E-state index is 12.8. The number of phenolic OH excluding ortho intramolecular Hbond substituents is 1. The van der Waals surface area contributed by atoms with Gasteiger partial charge in [0.1, 0.15) is 11.5 Å². The molecule has 0 unspecified atom stereocenters. The van der Waals surface area contributed by atoms with E-state index in [0.717, 1.165) is 4.47 Å². The van der Waals surface area contributed by atoms with Gasteiger partial charge < -0.3 is 9.52 Å². The van der Waals surface area contributed by atoms with Gasteiger partial charge in [0.05, 0.1) is 21.9 Å². The Kier molecular flexibility index (Phi) is 4.96. The Morgan fingerprint density at radius 2 is 2.00 bits per heavy atom. The van der Waals surface area contributed by atoms with Crippen LogP contribution >= 0.6 is 15.9 Å². The molecule has 0 bridgehead atoms. The summed E-state index contributed by atoms with van der Waals surface area (Å²) in [5, 5.41) is 26.3. The second-order valence-corrected chi connectivity index (χ2v) is 7.42. The van der Waals surface area contributed by atoms with Gasteiger partial charge in [0.15, 0.2) is 5.75 Å². The van der Waals surface area contributed by atoms with Gasteiger partial charge in [-0.25, -0.2) is 0 Å². The van der Waals surface area contributed by atoms with E-state index >= 15 is 0 Å². The summed E-state index contributed by atoms with van der Waals surface area (Å²) in [6.45, 7) is 1.73. The van der Waals surface area contributed by atoms with E-state index in [1.807, 2.05) is 12.1 Å². The summed E-state index contributed by atoms with van der Waals surface area (Å²) in [5.74, 6) is 0.0565. The Morgan fingerprint density at radius 1 is 1.20 bits per heavy atom. The summed E-state index contributed by atoms with van der Waals surface area (Å²) in [5.41, 5.74) is 1.57. The first-order valence-electron chi connectivity index (χ1n) is 8.78. The number of hydrogen-bond donors (Lipinski definition) is 1. The van der Waals surface area contributed by atoms with Crippen LogP contribution in [0.3, 0.4) is 0 Å². The van der Waals surface area contributed by atoms with E-state index < -0.39 is 16.4 Å². The maximum absolute atomic E-state index is 12.8. The van der Waals surface area contributed by atoms with Crippen molar-refractivity contribution in [2.24, 2.45) is 5.10 Å². The number of phenols is 1. The van der Waals surface area contributed by atoms with Crippen LogP contribution in [-0.2, 0) is 4.79 Å². The molecule has 1 aromatic heterocycles. The number of benzene rings is 2. The normalized spacial score (nSPS) is 15.0. The molecule has 0 aliphatic carbocycles. The van der Waals surface area contributed by atoms with Gasteiger partial charge >= 0.3 is 5.69 Å². The lowest BCUT2D eigenvalue weighted by Crippen LogP contribution is -2.21. The van der Waals surface area contributed by atoms with Crippen molar-refractivity contribution < 1.29 is 19.2 Å². The Labute approximate surface area is 179 Å². The first-order chi connectivity index (χ1) is 14.3. The topological polar surface area (TPSA) is 109 Å². The number of carbonyl (C=O) groups is 1. The lowest BCUT2D eigenvalue weighted by Gasteiger charge is -2.11. The average Bonchev–Trinajstić information content (AvgIpc) is 3.28. The van der Waals surface area contributed by atoms with E-state index in [0.29, 0.717) is 34.1 Å². The Morgan fingerprint density at radius 3 is 2.73 bits per heavy atom. The van der Waals surface area contributed by atoms with Crippen molar-refractivity contribution >= 4 is 45.0 Å². The molecule has 2 aromatic carbocycles.